The van der Waals surface area contributed by atoms with Crippen molar-refractivity contribution in [3.8, 4) is 17.6 Å². The summed E-state index contributed by atoms with van der Waals surface area (Å²) in [7, 11) is 1.38. The molecule has 0 aliphatic carbocycles. The zero-order chi connectivity index (χ0) is 14.5. The van der Waals surface area contributed by atoms with E-state index in [0.29, 0.717) is 5.56 Å². The molecule has 1 unspecified atom stereocenters. The molecule has 108 valence electrons. The van der Waals surface area contributed by atoms with Crippen LogP contribution in [0, 0.1) is 11.3 Å². The van der Waals surface area contributed by atoms with E-state index in [4.69, 9.17) is 4.74 Å². The van der Waals surface area contributed by atoms with Gasteiger partial charge in [-0.15, -0.1) is 0 Å². The molecule has 0 N–H and O–H groups in total. The van der Waals surface area contributed by atoms with Crippen molar-refractivity contribution in [2.24, 2.45) is 0 Å². The van der Waals surface area contributed by atoms with Gasteiger partial charge in [0.15, 0.2) is 11.5 Å². The smallest absolute Gasteiger partial charge is 0.387 e. The van der Waals surface area contributed by atoms with Gasteiger partial charge < -0.3 is 9.47 Å². The molecule has 1 fully saturated rings. The molecular weight excluding hydrogens is 266 g/mol. The minimum absolute atomic E-state index is 0.0422. The van der Waals surface area contributed by atoms with Crippen LogP contribution in [-0.2, 0) is 0 Å². The van der Waals surface area contributed by atoms with Crippen molar-refractivity contribution in [3.63, 3.8) is 0 Å². The van der Waals surface area contributed by atoms with Crippen LogP contribution < -0.4 is 9.47 Å². The third-order valence-corrected chi connectivity index (χ3v) is 3.35. The number of benzene rings is 1. The quantitative estimate of drug-likeness (QED) is 0.833. The lowest BCUT2D eigenvalue weighted by atomic mass is 10.1. The Kier molecular flexibility index (Phi) is 4.74. The number of nitriles is 1. The molecule has 1 aromatic rings. The topological polar surface area (TPSA) is 45.5 Å². The minimum Gasteiger partial charge on any atom is -0.493 e. The summed E-state index contributed by atoms with van der Waals surface area (Å²) in [5.74, 6) is 0.187. The molecule has 1 saturated heterocycles. The van der Waals surface area contributed by atoms with Gasteiger partial charge in [-0.3, -0.25) is 4.90 Å². The van der Waals surface area contributed by atoms with Gasteiger partial charge in [0, 0.05) is 0 Å². The average Bonchev–Trinajstić information content (AvgIpc) is 2.93. The minimum atomic E-state index is -2.92. The summed E-state index contributed by atoms with van der Waals surface area (Å²) in [6, 6.07) is 6.50. The first-order valence-corrected chi connectivity index (χ1v) is 6.42. The van der Waals surface area contributed by atoms with Crippen LogP contribution in [0.2, 0.25) is 0 Å². The van der Waals surface area contributed by atoms with Gasteiger partial charge in [-0.2, -0.15) is 14.0 Å². The van der Waals surface area contributed by atoms with Crippen molar-refractivity contribution in [3.05, 3.63) is 23.8 Å². The standard InChI is InChI=1S/C14H16F2N2O2/c1-19-12-5-4-10(8-13(12)20-14(15)16)11(9-17)18-6-2-3-7-18/h4-5,8,11,14H,2-3,6-7H2,1H3. The maximum absolute atomic E-state index is 12.4. The Morgan fingerprint density at radius 1 is 1.25 bits per heavy atom. The first-order chi connectivity index (χ1) is 9.65. The highest BCUT2D eigenvalue weighted by molar-refractivity contribution is 5.45. The van der Waals surface area contributed by atoms with Crippen molar-refractivity contribution in [2.45, 2.75) is 25.5 Å². The van der Waals surface area contributed by atoms with Crippen LogP contribution in [0.5, 0.6) is 11.5 Å². The fourth-order valence-corrected chi connectivity index (χ4v) is 2.42. The van der Waals surface area contributed by atoms with Crippen LogP contribution >= 0.6 is 0 Å². The number of rotatable bonds is 5. The summed E-state index contributed by atoms with van der Waals surface area (Å²) >= 11 is 0. The summed E-state index contributed by atoms with van der Waals surface area (Å²) in [4.78, 5) is 2.04. The van der Waals surface area contributed by atoms with Crippen LogP contribution in [0.1, 0.15) is 24.4 Å². The van der Waals surface area contributed by atoms with E-state index in [1.54, 1.807) is 12.1 Å². The van der Waals surface area contributed by atoms with Gasteiger partial charge in [-0.05, 0) is 43.6 Å². The monoisotopic (exact) mass is 282 g/mol. The Morgan fingerprint density at radius 3 is 2.50 bits per heavy atom. The van der Waals surface area contributed by atoms with Crippen molar-refractivity contribution in [1.82, 2.24) is 4.90 Å². The molecule has 0 saturated carbocycles. The van der Waals surface area contributed by atoms with Crippen molar-refractivity contribution in [1.29, 1.82) is 5.26 Å². The molecule has 1 aliphatic rings. The number of methoxy groups -OCH3 is 1. The molecule has 0 spiro atoms. The van der Waals surface area contributed by atoms with Crippen LogP contribution in [0.3, 0.4) is 0 Å². The number of alkyl halides is 2. The van der Waals surface area contributed by atoms with Crippen LogP contribution in [0.25, 0.3) is 0 Å². The summed E-state index contributed by atoms with van der Waals surface area (Å²) in [5.41, 5.74) is 0.644. The highest BCUT2D eigenvalue weighted by Crippen LogP contribution is 2.33. The Hall–Kier alpha value is -1.87. The highest BCUT2D eigenvalue weighted by Gasteiger charge is 2.24. The Morgan fingerprint density at radius 2 is 1.95 bits per heavy atom. The lowest BCUT2D eigenvalue weighted by Gasteiger charge is -2.22. The number of hydrogen-bond donors (Lipinski definition) is 0. The number of likely N-dealkylation sites (tertiary alicyclic amines) is 1. The maximum atomic E-state index is 12.4. The van der Waals surface area contributed by atoms with Crippen LogP contribution in [0.4, 0.5) is 8.78 Å². The third kappa shape index (κ3) is 3.17. The molecule has 2 rings (SSSR count). The molecular formula is C14H16F2N2O2. The predicted molar refractivity (Wildman–Crippen MR) is 68.8 cm³/mol. The lowest BCUT2D eigenvalue weighted by molar-refractivity contribution is -0.0512. The molecule has 1 heterocycles. The largest absolute Gasteiger partial charge is 0.493 e. The van der Waals surface area contributed by atoms with E-state index in [2.05, 4.69) is 10.8 Å². The fourth-order valence-electron chi connectivity index (χ4n) is 2.42. The van der Waals surface area contributed by atoms with E-state index in [1.807, 2.05) is 4.90 Å². The number of nitrogens with zero attached hydrogens (tertiary/aromatic N) is 2. The third-order valence-electron chi connectivity index (χ3n) is 3.35. The van der Waals surface area contributed by atoms with Gasteiger partial charge >= 0.3 is 6.61 Å². The van der Waals surface area contributed by atoms with E-state index in [9.17, 15) is 14.0 Å². The van der Waals surface area contributed by atoms with Gasteiger partial charge in [-0.1, -0.05) is 6.07 Å². The normalized spacial score (nSPS) is 16.9. The Balaban J connectivity index is 2.28. The lowest BCUT2D eigenvalue weighted by Crippen LogP contribution is -2.24. The molecule has 1 atom stereocenters. The molecule has 4 nitrogen and oxygen atoms in total. The summed E-state index contributed by atoms with van der Waals surface area (Å²) < 4.78 is 34.2. The molecule has 0 amide bonds. The number of ether oxygens (including phenoxy) is 2. The Labute approximate surface area is 116 Å². The van der Waals surface area contributed by atoms with E-state index in [0.717, 1.165) is 25.9 Å². The maximum Gasteiger partial charge on any atom is 0.387 e. The predicted octanol–water partition coefficient (Wildman–Crippen LogP) is 2.96. The van der Waals surface area contributed by atoms with E-state index in [1.165, 1.54) is 13.2 Å². The average molecular weight is 282 g/mol. The number of halogens is 2. The molecule has 6 heteroatoms. The van der Waals surface area contributed by atoms with Crippen molar-refractivity contribution < 1.29 is 18.3 Å². The summed E-state index contributed by atoms with van der Waals surface area (Å²) in [6.07, 6.45) is 2.10. The van der Waals surface area contributed by atoms with E-state index in [-0.39, 0.29) is 11.5 Å². The van der Waals surface area contributed by atoms with E-state index < -0.39 is 12.7 Å². The fraction of sp³-hybridized carbons (Fsp3) is 0.500. The van der Waals surface area contributed by atoms with Gasteiger partial charge in [0.1, 0.15) is 6.04 Å². The molecule has 0 radical (unpaired) electrons. The van der Waals surface area contributed by atoms with Gasteiger partial charge in [0.25, 0.3) is 0 Å². The first-order valence-electron chi connectivity index (χ1n) is 6.42. The SMILES string of the molecule is COc1ccc(C(C#N)N2CCCC2)cc1OC(F)F. The van der Waals surface area contributed by atoms with Crippen LogP contribution in [0.15, 0.2) is 18.2 Å². The van der Waals surface area contributed by atoms with Gasteiger partial charge in [-0.25, -0.2) is 0 Å². The molecule has 1 aromatic carbocycles. The molecule has 1 aliphatic heterocycles. The second-order valence-electron chi connectivity index (χ2n) is 4.56. The van der Waals surface area contributed by atoms with E-state index >= 15 is 0 Å². The highest BCUT2D eigenvalue weighted by atomic mass is 19.3. The molecule has 0 bridgehead atoms. The zero-order valence-corrected chi connectivity index (χ0v) is 11.2. The second kappa shape index (κ2) is 6.53. The van der Waals surface area contributed by atoms with Gasteiger partial charge in [0.05, 0.1) is 13.2 Å². The molecule has 20 heavy (non-hydrogen) atoms. The van der Waals surface area contributed by atoms with Crippen molar-refractivity contribution in [2.75, 3.05) is 20.2 Å². The molecule has 0 aromatic heterocycles. The summed E-state index contributed by atoms with van der Waals surface area (Å²) in [6.45, 7) is -1.24. The van der Waals surface area contributed by atoms with Crippen molar-refractivity contribution >= 4 is 0 Å². The summed E-state index contributed by atoms with van der Waals surface area (Å²) in [5, 5.41) is 9.33. The van der Waals surface area contributed by atoms with Crippen LogP contribution in [-0.4, -0.2) is 31.7 Å². The zero-order valence-electron chi connectivity index (χ0n) is 11.2. The second-order valence-corrected chi connectivity index (χ2v) is 4.56. The Bertz CT molecular complexity index is 496. The first kappa shape index (κ1) is 14.5. The number of hydrogen-bond acceptors (Lipinski definition) is 4. The van der Waals surface area contributed by atoms with Gasteiger partial charge in [0.2, 0.25) is 0 Å².